The van der Waals surface area contributed by atoms with Crippen molar-refractivity contribution in [2.24, 2.45) is 0 Å². The number of rotatable bonds is 9. The third kappa shape index (κ3) is 7.30. The van der Waals surface area contributed by atoms with Crippen LogP contribution in [-0.4, -0.2) is 13.0 Å². The summed E-state index contributed by atoms with van der Waals surface area (Å²) < 4.78 is 37.6. The SMILES string of the molecule is CCCCCCCc1cccc(Oc2c([O-])cccc2S(=O)(=O)O)c1.[K+]. The topological polar surface area (TPSA) is 86.7 Å². The summed E-state index contributed by atoms with van der Waals surface area (Å²) in [5.74, 6) is -0.607. The molecule has 0 bridgehead atoms. The van der Waals surface area contributed by atoms with E-state index in [9.17, 15) is 18.1 Å². The van der Waals surface area contributed by atoms with E-state index in [0.717, 1.165) is 30.9 Å². The average Bonchev–Trinajstić information content (AvgIpc) is 2.56. The van der Waals surface area contributed by atoms with Gasteiger partial charge in [-0.2, -0.15) is 8.42 Å². The predicted octanol–water partition coefficient (Wildman–Crippen LogP) is 1.32. The second-order valence-electron chi connectivity index (χ2n) is 5.97. The molecule has 0 saturated carbocycles. The first-order chi connectivity index (χ1) is 11.9. The van der Waals surface area contributed by atoms with E-state index in [0.29, 0.717) is 5.75 Å². The third-order valence-corrected chi connectivity index (χ3v) is 4.79. The summed E-state index contributed by atoms with van der Waals surface area (Å²) in [5.41, 5.74) is 1.06. The first-order valence-electron chi connectivity index (χ1n) is 8.46. The molecule has 0 radical (unpaired) electrons. The molecular formula is C19H23KO5S. The van der Waals surface area contributed by atoms with Gasteiger partial charge in [0.1, 0.15) is 16.4 Å². The van der Waals surface area contributed by atoms with Gasteiger partial charge < -0.3 is 9.84 Å². The molecule has 26 heavy (non-hydrogen) atoms. The van der Waals surface area contributed by atoms with E-state index in [4.69, 9.17) is 4.74 Å². The number of unbranched alkanes of at least 4 members (excludes halogenated alkanes) is 4. The molecule has 0 unspecified atom stereocenters. The standard InChI is InChI=1S/C19H24O5S.K/c1-2-3-4-5-6-9-15-10-7-11-16(14-15)24-19-17(20)12-8-13-18(19)25(21,22)23;/h7-8,10-14,20H,2-6,9H2,1H3,(H,21,22,23);/q;+1/p-1. The molecule has 7 heteroatoms. The number of aryl methyl sites for hydroxylation is 1. The fraction of sp³-hybridized carbons (Fsp3) is 0.368. The van der Waals surface area contributed by atoms with Crippen LogP contribution in [0.3, 0.4) is 0 Å². The molecule has 136 valence electrons. The van der Waals surface area contributed by atoms with Gasteiger partial charge in [0, 0.05) is 0 Å². The van der Waals surface area contributed by atoms with E-state index in [2.05, 4.69) is 6.92 Å². The maximum atomic E-state index is 11.9. The van der Waals surface area contributed by atoms with Gasteiger partial charge in [-0.05, 0) is 36.6 Å². The summed E-state index contributed by atoms with van der Waals surface area (Å²) in [6.45, 7) is 2.18. The van der Waals surface area contributed by atoms with Crippen LogP contribution in [0.5, 0.6) is 17.2 Å². The number of benzene rings is 2. The second-order valence-corrected chi connectivity index (χ2v) is 7.36. The molecule has 5 nitrogen and oxygen atoms in total. The Morgan fingerprint density at radius 1 is 1.04 bits per heavy atom. The van der Waals surface area contributed by atoms with Crippen molar-refractivity contribution in [1.82, 2.24) is 0 Å². The monoisotopic (exact) mass is 402 g/mol. The first kappa shape index (κ1) is 23.6. The number of ether oxygens (including phenoxy) is 1. The Morgan fingerprint density at radius 2 is 1.73 bits per heavy atom. The van der Waals surface area contributed by atoms with Crippen molar-refractivity contribution >= 4 is 10.1 Å². The summed E-state index contributed by atoms with van der Waals surface area (Å²) in [5, 5.41) is 11.9. The van der Waals surface area contributed by atoms with Crippen molar-refractivity contribution in [2.45, 2.75) is 50.3 Å². The molecule has 0 fully saturated rings. The Kier molecular flexibility index (Phi) is 10.4. The average molecular weight is 403 g/mol. The Labute approximate surface area is 198 Å². The van der Waals surface area contributed by atoms with E-state index < -0.39 is 20.8 Å². The minimum absolute atomic E-state index is 0. The van der Waals surface area contributed by atoms with Crippen LogP contribution in [-0.2, 0) is 16.5 Å². The van der Waals surface area contributed by atoms with Gasteiger partial charge in [0.05, 0.1) is 0 Å². The quantitative estimate of drug-likeness (QED) is 0.388. The van der Waals surface area contributed by atoms with E-state index in [-0.39, 0.29) is 57.1 Å². The zero-order valence-electron chi connectivity index (χ0n) is 15.3. The summed E-state index contributed by atoms with van der Waals surface area (Å²) in [4.78, 5) is -0.523. The Bertz CT molecular complexity index is 805. The molecular weight excluding hydrogens is 379 g/mol. The second kappa shape index (κ2) is 11.4. The van der Waals surface area contributed by atoms with Crippen molar-refractivity contribution < 1.29 is 74.2 Å². The summed E-state index contributed by atoms with van der Waals surface area (Å²) in [6.07, 6.45) is 6.78. The van der Waals surface area contributed by atoms with Gasteiger partial charge in [-0.3, -0.25) is 4.55 Å². The van der Waals surface area contributed by atoms with Crippen molar-refractivity contribution in [3.8, 4) is 17.2 Å². The van der Waals surface area contributed by atoms with Crippen LogP contribution < -0.4 is 61.2 Å². The first-order valence-corrected chi connectivity index (χ1v) is 9.90. The van der Waals surface area contributed by atoms with Gasteiger partial charge in [-0.1, -0.05) is 62.6 Å². The molecule has 0 amide bonds. The molecule has 2 rings (SSSR count). The van der Waals surface area contributed by atoms with E-state index in [1.54, 1.807) is 18.2 Å². The van der Waals surface area contributed by atoms with Crippen LogP contribution in [0, 0.1) is 0 Å². The molecule has 2 aromatic carbocycles. The molecule has 0 aromatic heterocycles. The molecule has 0 heterocycles. The Balaban J connectivity index is 0.00000338. The van der Waals surface area contributed by atoms with Crippen LogP contribution in [0.25, 0.3) is 0 Å². The molecule has 1 N–H and O–H groups in total. The molecule has 0 aliphatic rings. The van der Waals surface area contributed by atoms with Gasteiger partial charge in [-0.25, -0.2) is 0 Å². The fourth-order valence-electron chi connectivity index (χ4n) is 2.61. The number of hydrogen-bond donors (Lipinski definition) is 1. The smallest absolute Gasteiger partial charge is 0.870 e. The van der Waals surface area contributed by atoms with E-state index in [1.165, 1.54) is 31.4 Å². The third-order valence-electron chi connectivity index (χ3n) is 3.91. The molecule has 0 saturated heterocycles. The van der Waals surface area contributed by atoms with Crippen LogP contribution in [0.15, 0.2) is 47.4 Å². The van der Waals surface area contributed by atoms with Gasteiger partial charge in [-0.15, -0.1) is 0 Å². The van der Waals surface area contributed by atoms with Crippen molar-refractivity contribution in [1.29, 1.82) is 0 Å². The van der Waals surface area contributed by atoms with Crippen molar-refractivity contribution in [2.75, 3.05) is 0 Å². The minimum atomic E-state index is -4.53. The molecule has 0 atom stereocenters. The molecule has 2 aromatic rings. The minimum Gasteiger partial charge on any atom is -0.870 e. The van der Waals surface area contributed by atoms with Gasteiger partial charge in [0.15, 0.2) is 0 Å². The Hall–Kier alpha value is -0.414. The van der Waals surface area contributed by atoms with Crippen molar-refractivity contribution in [3.63, 3.8) is 0 Å². The van der Waals surface area contributed by atoms with Crippen LogP contribution in [0.2, 0.25) is 0 Å². The summed E-state index contributed by atoms with van der Waals surface area (Å²) in [7, 11) is -4.53. The fourth-order valence-corrected chi connectivity index (χ4v) is 3.24. The maximum Gasteiger partial charge on any atom is 1.00 e. The van der Waals surface area contributed by atoms with Crippen molar-refractivity contribution in [3.05, 3.63) is 48.0 Å². The molecule has 0 spiro atoms. The Morgan fingerprint density at radius 3 is 2.42 bits per heavy atom. The largest absolute Gasteiger partial charge is 1.00 e. The van der Waals surface area contributed by atoms with Crippen LogP contribution in [0.4, 0.5) is 0 Å². The summed E-state index contributed by atoms with van der Waals surface area (Å²) in [6, 6.07) is 10.8. The van der Waals surface area contributed by atoms with Gasteiger partial charge in [0.25, 0.3) is 10.1 Å². The zero-order valence-corrected chi connectivity index (χ0v) is 19.2. The number of hydrogen-bond acceptors (Lipinski definition) is 4. The normalized spacial score (nSPS) is 11.0. The predicted molar refractivity (Wildman–Crippen MR) is 94.7 cm³/mol. The zero-order chi connectivity index (χ0) is 18.3. The van der Waals surface area contributed by atoms with E-state index >= 15 is 0 Å². The maximum absolute atomic E-state index is 11.9. The number of para-hydroxylation sites is 1. The van der Waals surface area contributed by atoms with Crippen LogP contribution in [0.1, 0.15) is 44.6 Å². The summed E-state index contributed by atoms with van der Waals surface area (Å²) >= 11 is 0. The van der Waals surface area contributed by atoms with Crippen LogP contribution >= 0.6 is 0 Å². The van der Waals surface area contributed by atoms with Gasteiger partial charge in [0.2, 0.25) is 0 Å². The molecule has 0 aliphatic heterocycles. The molecule has 0 aliphatic carbocycles. The van der Waals surface area contributed by atoms with E-state index in [1.807, 2.05) is 6.07 Å². The van der Waals surface area contributed by atoms with Gasteiger partial charge >= 0.3 is 51.4 Å².